The molecule has 18 heavy (non-hydrogen) atoms. The van der Waals surface area contributed by atoms with E-state index in [-0.39, 0.29) is 0 Å². The van der Waals surface area contributed by atoms with Crippen LogP contribution in [0.4, 0.5) is 0 Å². The largest absolute Gasteiger partial charge is 0.507 e. The van der Waals surface area contributed by atoms with E-state index < -0.39 is 0 Å². The fourth-order valence-electron chi connectivity index (χ4n) is 2.19. The van der Waals surface area contributed by atoms with Crippen LogP contribution in [0.2, 0.25) is 0 Å². The van der Waals surface area contributed by atoms with E-state index >= 15 is 0 Å². The molecule has 0 atom stereocenters. The first-order valence-electron chi connectivity index (χ1n) is 6.03. The molecule has 0 bridgehead atoms. The Kier molecular flexibility index (Phi) is 2.52. The standard InChI is InChI=1S/C17H14O/c1-12-6-8-13(9-7-12)16-10-14-4-2-3-5-15(14)11-17(16)18/h2-11,18H,1H3. The summed E-state index contributed by atoms with van der Waals surface area (Å²) in [6.45, 7) is 2.06. The number of phenols is 1. The maximum Gasteiger partial charge on any atom is 0.124 e. The molecule has 0 aliphatic rings. The van der Waals surface area contributed by atoms with Gasteiger partial charge in [-0.2, -0.15) is 0 Å². The molecule has 3 rings (SSSR count). The second-order valence-corrected chi connectivity index (χ2v) is 4.58. The molecule has 0 spiro atoms. The van der Waals surface area contributed by atoms with Crippen molar-refractivity contribution in [1.82, 2.24) is 0 Å². The Hall–Kier alpha value is -2.28. The number of benzene rings is 3. The number of hydrogen-bond acceptors (Lipinski definition) is 1. The number of hydrogen-bond donors (Lipinski definition) is 1. The van der Waals surface area contributed by atoms with Crippen LogP contribution in [-0.2, 0) is 0 Å². The summed E-state index contributed by atoms with van der Waals surface area (Å²) in [5, 5.41) is 12.3. The van der Waals surface area contributed by atoms with E-state index in [1.165, 1.54) is 5.56 Å². The van der Waals surface area contributed by atoms with Gasteiger partial charge in [-0.3, -0.25) is 0 Å². The zero-order chi connectivity index (χ0) is 12.5. The Labute approximate surface area is 106 Å². The summed E-state index contributed by atoms with van der Waals surface area (Å²) in [5.41, 5.74) is 3.15. The van der Waals surface area contributed by atoms with Crippen molar-refractivity contribution in [3.8, 4) is 16.9 Å². The van der Waals surface area contributed by atoms with Gasteiger partial charge in [0.25, 0.3) is 0 Å². The summed E-state index contributed by atoms with van der Waals surface area (Å²) in [6, 6.07) is 20.1. The summed E-state index contributed by atoms with van der Waals surface area (Å²) in [7, 11) is 0. The van der Waals surface area contributed by atoms with Gasteiger partial charge >= 0.3 is 0 Å². The number of aryl methyl sites for hydroxylation is 1. The van der Waals surface area contributed by atoms with Crippen LogP contribution in [0, 0.1) is 6.92 Å². The molecule has 0 aliphatic heterocycles. The highest BCUT2D eigenvalue weighted by molar-refractivity contribution is 5.90. The summed E-state index contributed by atoms with van der Waals surface area (Å²) in [5.74, 6) is 0.331. The molecule has 0 aromatic heterocycles. The molecule has 1 heteroatoms. The first kappa shape index (κ1) is 10.8. The quantitative estimate of drug-likeness (QED) is 0.656. The predicted octanol–water partition coefficient (Wildman–Crippen LogP) is 4.52. The molecule has 88 valence electrons. The van der Waals surface area contributed by atoms with E-state index in [1.54, 1.807) is 0 Å². The van der Waals surface area contributed by atoms with Crippen molar-refractivity contribution < 1.29 is 5.11 Å². The third-order valence-electron chi connectivity index (χ3n) is 3.23. The molecular weight excluding hydrogens is 220 g/mol. The second kappa shape index (κ2) is 4.19. The molecule has 0 saturated heterocycles. The lowest BCUT2D eigenvalue weighted by molar-refractivity contribution is 0.478. The molecule has 0 fully saturated rings. The van der Waals surface area contributed by atoms with E-state index in [1.807, 2.05) is 42.5 Å². The van der Waals surface area contributed by atoms with Crippen molar-refractivity contribution in [2.45, 2.75) is 6.92 Å². The van der Waals surface area contributed by atoms with Gasteiger partial charge in [-0.1, -0.05) is 54.1 Å². The highest BCUT2D eigenvalue weighted by atomic mass is 16.3. The van der Waals surface area contributed by atoms with E-state index in [4.69, 9.17) is 0 Å². The summed E-state index contributed by atoms with van der Waals surface area (Å²) in [4.78, 5) is 0. The summed E-state index contributed by atoms with van der Waals surface area (Å²) in [6.07, 6.45) is 0. The van der Waals surface area contributed by atoms with Crippen molar-refractivity contribution in [3.63, 3.8) is 0 Å². The molecule has 0 unspecified atom stereocenters. The molecular formula is C17H14O. The van der Waals surface area contributed by atoms with Gasteiger partial charge in [0.05, 0.1) is 0 Å². The van der Waals surface area contributed by atoms with Crippen LogP contribution in [0.15, 0.2) is 60.7 Å². The number of phenolic OH excluding ortho intramolecular Hbond substituents is 1. The number of aromatic hydroxyl groups is 1. The van der Waals surface area contributed by atoms with Crippen LogP contribution in [0.3, 0.4) is 0 Å². The van der Waals surface area contributed by atoms with Gasteiger partial charge in [-0.05, 0) is 35.4 Å². The Bertz CT molecular complexity index is 696. The average Bonchev–Trinajstić information content (AvgIpc) is 2.39. The van der Waals surface area contributed by atoms with Crippen molar-refractivity contribution >= 4 is 10.8 Å². The number of fused-ring (bicyclic) bond motifs is 1. The third-order valence-corrected chi connectivity index (χ3v) is 3.23. The van der Waals surface area contributed by atoms with Crippen molar-refractivity contribution in [2.24, 2.45) is 0 Å². The zero-order valence-corrected chi connectivity index (χ0v) is 10.2. The first-order valence-corrected chi connectivity index (χ1v) is 6.03. The molecule has 3 aromatic carbocycles. The van der Waals surface area contributed by atoms with Crippen LogP contribution in [0.1, 0.15) is 5.56 Å². The maximum absolute atomic E-state index is 10.1. The lowest BCUT2D eigenvalue weighted by Gasteiger charge is -2.07. The Balaban J connectivity index is 2.22. The van der Waals surface area contributed by atoms with Gasteiger partial charge in [-0.15, -0.1) is 0 Å². The molecule has 3 aromatic rings. The van der Waals surface area contributed by atoms with Crippen LogP contribution >= 0.6 is 0 Å². The van der Waals surface area contributed by atoms with Crippen molar-refractivity contribution in [2.75, 3.05) is 0 Å². The maximum atomic E-state index is 10.1. The monoisotopic (exact) mass is 234 g/mol. The highest BCUT2D eigenvalue weighted by Gasteiger charge is 2.05. The average molecular weight is 234 g/mol. The first-order chi connectivity index (χ1) is 8.74. The molecule has 0 radical (unpaired) electrons. The second-order valence-electron chi connectivity index (χ2n) is 4.58. The molecule has 0 amide bonds. The Morgan fingerprint density at radius 2 is 1.39 bits per heavy atom. The van der Waals surface area contributed by atoms with Gasteiger partial charge in [0.1, 0.15) is 5.75 Å². The van der Waals surface area contributed by atoms with Gasteiger partial charge in [0.2, 0.25) is 0 Å². The van der Waals surface area contributed by atoms with Gasteiger partial charge in [-0.25, -0.2) is 0 Å². The highest BCUT2D eigenvalue weighted by Crippen LogP contribution is 2.33. The Morgan fingerprint density at radius 1 is 0.778 bits per heavy atom. The van der Waals surface area contributed by atoms with Gasteiger partial charge in [0.15, 0.2) is 0 Å². The minimum atomic E-state index is 0.331. The normalized spacial score (nSPS) is 10.7. The Morgan fingerprint density at radius 3 is 2.06 bits per heavy atom. The topological polar surface area (TPSA) is 20.2 Å². The predicted molar refractivity (Wildman–Crippen MR) is 75.8 cm³/mol. The molecule has 1 nitrogen and oxygen atoms in total. The lowest BCUT2D eigenvalue weighted by atomic mass is 9.99. The van der Waals surface area contributed by atoms with E-state index in [0.717, 1.165) is 21.9 Å². The summed E-state index contributed by atoms with van der Waals surface area (Å²) < 4.78 is 0. The molecule has 1 N–H and O–H groups in total. The molecule has 0 saturated carbocycles. The van der Waals surface area contributed by atoms with Crippen LogP contribution in [-0.4, -0.2) is 5.11 Å². The van der Waals surface area contributed by atoms with E-state index in [2.05, 4.69) is 25.1 Å². The molecule has 0 aliphatic carbocycles. The van der Waals surface area contributed by atoms with Crippen LogP contribution in [0.5, 0.6) is 5.75 Å². The van der Waals surface area contributed by atoms with Crippen molar-refractivity contribution in [1.29, 1.82) is 0 Å². The van der Waals surface area contributed by atoms with E-state index in [0.29, 0.717) is 5.75 Å². The smallest absolute Gasteiger partial charge is 0.124 e. The zero-order valence-electron chi connectivity index (χ0n) is 10.2. The number of rotatable bonds is 1. The minimum absolute atomic E-state index is 0.331. The van der Waals surface area contributed by atoms with Gasteiger partial charge < -0.3 is 5.11 Å². The molecule has 0 heterocycles. The van der Waals surface area contributed by atoms with Crippen LogP contribution < -0.4 is 0 Å². The fourth-order valence-corrected chi connectivity index (χ4v) is 2.19. The van der Waals surface area contributed by atoms with Crippen LogP contribution in [0.25, 0.3) is 21.9 Å². The third kappa shape index (κ3) is 1.84. The van der Waals surface area contributed by atoms with Gasteiger partial charge in [0, 0.05) is 5.56 Å². The van der Waals surface area contributed by atoms with Crippen molar-refractivity contribution in [3.05, 3.63) is 66.2 Å². The fraction of sp³-hybridized carbons (Fsp3) is 0.0588. The SMILES string of the molecule is Cc1ccc(-c2cc3ccccc3cc2O)cc1. The lowest BCUT2D eigenvalue weighted by Crippen LogP contribution is -1.81. The summed E-state index contributed by atoms with van der Waals surface area (Å²) >= 11 is 0. The van der Waals surface area contributed by atoms with E-state index in [9.17, 15) is 5.11 Å². The minimum Gasteiger partial charge on any atom is -0.507 e.